The molecule has 0 saturated carbocycles. The van der Waals surface area contributed by atoms with Crippen LogP contribution in [0, 0.1) is 6.92 Å². The van der Waals surface area contributed by atoms with Gasteiger partial charge in [0.25, 0.3) is 0 Å². The number of alkyl halides is 3. The highest BCUT2D eigenvalue weighted by molar-refractivity contribution is 5.43. The Morgan fingerprint density at radius 3 is 2.11 bits per heavy atom. The highest BCUT2D eigenvalue weighted by Gasteiger charge is 2.30. The van der Waals surface area contributed by atoms with Crippen LogP contribution in [0.5, 0.6) is 0 Å². The van der Waals surface area contributed by atoms with Gasteiger partial charge < -0.3 is 4.90 Å². The van der Waals surface area contributed by atoms with Crippen molar-refractivity contribution in [2.24, 2.45) is 0 Å². The van der Waals surface area contributed by atoms with Crippen LogP contribution in [0.15, 0.2) is 30.3 Å². The van der Waals surface area contributed by atoms with E-state index < -0.39 is 11.7 Å². The van der Waals surface area contributed by atoms with Gasteiger partial charge in [0.15, 0.2) is 5.82 Å². The number of aromatic nitrogens is 2. The van der Waals surface area contributed by atoms with Crippen molar-refractivity contribution in [1.29, 1.82) is 0 Å². The average Bonchev–Trinajstić information content (AvgIpc) is 2.70. The van der Waals surface area contributed by atoms with Gasteiger partial charge in [-0.2, -0.15) is 18.3 Å². The average molecular weight is 269 g/mol. The van der Waals surface area contributed by atoms with Crippen molar-refractivity contribution in [3.8, 4) is 5.69 Å². The number of halogens is 3. The van der Waals surface area contributed by atoms with E-state index in [1.165, 1.54) is 12.1 Å². The summed E-state index contributed by atoms with van der Waals surface area (Å²) in [6, 6.07) is 6.83. The summed E-state index contributed by atoms with van der Waals surface area (Å²) in [5, 5.41) is 4.33. The standard InChI is InChI=1S/C13H14F3N3/c1-9-8-12(18(2)3)17-19(9)11-6-4-10(5-7-11)13(14,15)16/h4-8H,1-3H3. The van der Waals surface area contributed by atoms with Crippen molar-refractivity contribution < 1.29 is 13.2 Å². The molecule has 1 aromatic carbocycles. The van der Waals surface area contributed by atoms with Gasteiger partial charge >= 0.3 is 6.18 Å². The Kier molecular flexibility index (Phi) is 3.26. The van der Waals surface area contributed by atoms with E-state index in [1.807, 2.05) is 32.0 Å². The maximum Gasteiger partial charge on any atom is 0.416 e. The molecular formula is C13H14F3N3. The van der Waals surface area contributed by atoms with Crippen molar-refractivity contribution in [3.63, 3.8) is 0 Å². The molecule has 0 fully saturated rings. The lowest BCUT2D eigenvalue weighted by molar-refractivity contribution is -0.137. The van der Waals surface area contributed by atoms with Crippen LogP contribution in [0.3, 0.4) is 0 Å². The van der Waals surface area contributed by atoms with Gasteiger partial charge in [-0.1, -0.05) is 0 Å². The highest BCUT2D eigenvalue weighted by atomic mass is 19.4. The predicted octanol–water partition coefficient (Wildman–Crippen LogP) is 3.27. The van der Waals surface area contributed by atoms with Crippen molar-refractivity contribution >= 4 is 5.82 Å². The third kappa shape index (κ3) is 2.72. The summed E-state index contributed by atoms with van der Waals surface area (Å²) in [4.78, 5) is 1.84. The van der Waals surface area contributed by atoms with E-state index in [9.17, 15) is 13.2 Å². The Morgan fingerprint density at radius 2 is 1.68 bits per heavy atom. The van der Waals surface area contributed by atoms with Crippen LogP contribution in [0.25, 0.3) is 5.69 Å². The summed E-state index contributed by atoms with van der Waals surface area (Å²) in [5.41, 5.74) is 0.816. The molecule has 1 heterocycles. The summed E-state index contributed by atoms with van der Waals surface area (Å²) in [6.45, 7) is 1.86. The largest absolute Gasteiger partial charge is 0.416 e. The maximum absolute atomic E-state index is 12.5. The highest BCUT2D eigenvalue weighted by Crippen LogP contribution is 2.29. The lowest BCUT2D eigenvalue weighted by Gasteiger charge is -2.09. The van der Waals surface area contributed by atoms with Crippen molar-refractivity contribution in [1.82, 2.24) is 9.78 Å². The first-order valence-corrected chi connectivity index (χ1v) is 5.70. The molecule has 0 radical (unpaired) electrons. The lowest BCUT2D eigenvalue weighted by Crippen LogP contribution is -2.10. The number of hydrogen-bond acceptors (Lipinski definition) is 2. The van der Waals surface area contributed by atoms with Gasteiger partial charge in [0.1, 0.15) is 0 Å². The fourth-order valence-electron chi connectivity index (χ4n) is 1.73. The number of benzene rings is 1. The SMILES string of the molecule is Cc1cc(N(C)C)nn1-c1ccc(C(F)(F)F)cc1. The molecule has 6 heteroatoms. The molecule has 3 nitrogen and oxygen atoms in total. The maximum atomic E-state index is 12.5. The van der Waals surface area contributed by atoms with Crippen LogP contribution < -0.4 is 4.90 Å². The first-order chi connectivity index (χ1) is 8.79. The molecule has 102 valence electrons. The number of rotatable bonds is 2. The van der Waals surface area contributed by atoms with E-state index in [2.05, 4.69) is 5.10 Å². The molecule has 0 aliphatic rings. The molecule has 2 rings (SSSR count). The summed E-state index contributed by atoms with van der Waals surface area (Å²) in [6.07, 6.45) is -4.31. The zero-order valence-electron chi connectivity index (χ0n) is 10.9. The second-order valence-corrected chi connectivity index (χ2v) is 4.49. The van der Waals surface area contributed by atoms with Gasteiger partial charge in [0.05, 0.1) is 11.3 Å². The smallest absolute Gasteiger partial charge is 0.361 e. The molecule has 0 amide bonds. The quantitative estimate of drug-likeness (QED) is 0.834. The molecule has 0 spiro atoms. The minimum absolute atomic E-state index is 0.610. The van der Waals surface area contributed by atoms with Gasteiger partial charge in [-0.05, 0) is 31.2 Å². The van der Waals surface area contributed by atoms with E-state index in [0.29, 0.717) is 5.69 Å². The van der Waals surface area contributed by atoms with Gasteiger partial charge in [-0.15, -0.1) is 0 Å². The number of anilines is 1. The lowest BCUT2D eigenvalue weighted by atomic mass is 10.2. The van der Waals surface area contributed by atoms with Gasteiger partial charge in [-0.25, -0.2) is 4.68 Å². The minimum Gasteiger partial charge on any atom is -0.361 e. The second kappa shape index (κ2) is 4.60. The fraction of sp³-hybridized carbons (Fsp3) is 0.308. The van der Waals surface area contributed by atoms with Crippen LogP contribution in [-0.4, -0.2) is 23.9 Å². The number of aryl methyl sites for hydroxylation is 1. The molecule has 0 bridgehead atoms. The van der Waals surface area contributed by atoms with Crippen LogP contribution >= 0.6 is 0 Å². The molecule has 1 aromatic heterocycles. The topological polar surface area (TPSA) is 21.1 Å². The Hall–Kier alpha value is -1.98. The zero-order valence-corrected chi connectivity index (χ0v) is 10.9. The Morgan fingerprint density at radius 1 is 1.11 bits per heavy atom. The predicted molar refractivity (Wildman–Crippen MR) is 67.6 cm³/mol. The molecule has 0 aliphatic carbocycles. The Labute approximate surface area is 109 Å². The molecule has 0 N–H and O–H groups in total. The van der Waals surface area contributed by atoms with Crippen LogP contribution in [0.1, 0.15) is 11.3 Å². The normalized spacial score (nSPS) is 11.7. The van der Waals surface area contributed by atoms with Crippen molar-refractivity contribution in [3.05, 3.63) is 41.6 Å². The molecule has 0 aliphatic heterocycles. The summed E-state index contributed by atoms with van der Waals surface area (Å²) >= 11 is 0. The van der Waals surface area contributed by atoms with Gasteiger partial charge in [-0.3, -0.25) is 0 Å². The third-order valence-electron chi connectivity index (χ3n) is 2.77. The molecule has 0 saturated heterocycles. The molecular weight excluding hydrogens is 255 g/mol. The minimum atomic E-state index is -4.31. The van der Waals surface area contributed by atoms with Crippen LogP contribution in [-0.2, 0) is 6.18 Å². The van der Waals surface area contributed by atoms with Crippen LogP contribution in [0.4, 0.5) is 19.0 Å². The zero-order chi connectivity index (χ0) is 14.2. The van der Waals surface area contributed by atoms with E-state index in [4.69, 9.17) is 0 Å². The van der Waals surface area contributed by atoms with Gasteiger partial charge in [0, 0.05) is 25.9 Å². The first kappa shape index (κ1) is 13.5. The van der Waals surface area contributed by atoms with E-state index >= 15 is 0 Å². The third-order valence-corrected chi connectivity index (χ3v) is 2.77. The molecule has 0 unspecified atom stereocenters. The van der Waals surface area contributed by atoms with E-state index in [-0.39, 0.29) is 0 Å². The number of hydrogen-bond donors (Lipinski definition) is 0. The Bertz CT molecular complexity index is 568. The van der Waals surface area contributed by atoms with Gasteiger partial charge in [0.2, 0.25) is 0 Å². The molecule has 19 heavy (non-hydrogen) atoms. The first-order valence-electron chi connectivity index (χ1n) is 5.70. The van der Waals surface area contributed by atoms with Crippen molar-refractivity contribution in [2.75, 3.05) is 19.0 Å². The fourth-order valence-corrected chi connectivity index (χ4v) is 1.73. The van der Waals surface area contributed by atoms with E-state index in [0.717, 1.165) is 23.6 Å². The second-order valence-electron chi connectivity index (χ2n) is 4.49. The number of nitrogens with zero attached hydrogens (tertiary/aromatic N) is 3. The Balaban J connectivity index is 2.37. The monoisotopic (exact) mass is 269 g/mol. The van der Waals surface area contributed by atoms with Crippen LogP contribution in [0.2, 0.25) is 0 Å². The van der Waals surface area contributed by atoms with Crippen molar-refractivity contribution in [2.45, 2.75) is 13.1 Å². The van der Waals surface area contributed by atoms with E-state index in [1.54, 1.807) is 4.68 Å². The summed E-state index contributed by atoms with van der Waals surface area (Å²) < 4.78 is 39.1. The molecule has 2 aromatic rings. The summed E-state index contributed by atoms with van der Waals surface area (Å²) in [7, 11) is 3.72. The summed E-state index contributed by atoms with van der Waals surface area (Å²) in [5.74, 6) is 0.761. The molecule has 0 atom stereocenters.